The van der Waals surface area contributed by atoms with Crippen molar-refractivity contribution in [3.05, 3.63) is 12.7 Å². The van der Waals surface area contributed by atoms with E-state index in [0.29, 0.717) is 6.42 Å². The van der Waals surface area contributed by atoms with Gasteiger partial charge >= 0.3 is 0 Å². The molecule has 0 aliphatic carbocycles. The summed E-state index contributed by atoms with van der Waals surface area (Å²) in [5.41, 5.74) is -0.138. The van der Waals surface area contributed by atoms with Crippen LogP contribution in [0.2, 0.25) is 0 Å². The molecule has 0 unspecified atom stereocenters. The summed E-state index contributed by atoms with van der Waals surface area (Å²) in [5.74, 6) is 0.149. The summed E-state index contributed by atoms with van der Waals surface area (Å²) in [4.78, 5) is 13.5. The zero-order valence-corrected chi connectivity index (χ0v) is 8.99. The predicted molar refractivity (Wildman–Crippen MR) is 55.8 cm³/mol. The van der Waals surface area contributed by atoms with Crippen LogP contribution in [0.3, 0.4) is 0 Å². The zero-order valence-electron chi connectivity index (χ0n) is 8.99. The van der Waals surface area contributed by atoms with Crippen molar-refractivity contribution in [2.75, 3.05) is 6.61 Å². The van der Waals surface area contributed by atoms with E-state index in [-0.39, 0.29) is 24.1 Å². The summed E-state index contributed by atoms with van der Waals surface area (Å²) in [6.45, 7) is 7.68. The molecule has 0 aromatic rings. The molecule has 1 fully saturated rings. The van der Waals surface area contributed by atoms with E-state index in [4.69, 9.17) is 5.11 Å². The number of carbonyl (C=O) groups excluding carboxylic acids is 1. The normalized spacial score (nSPS) is 29.4. The molecule has 1 amide bonds. The van der Waals surface area contributed by atoms with Crippen LogP contribution in [0.15, 0.2) is 12.7 Å². The first-order valence-electron chi connectivity index (χ1n) is 5.09. The number of nitrogens with zero attached hydrogens (tertiary/aromatic N) is 1. The van der Waals surface area contributed by atoms with Gasteiger partial charge < -0.3 is 10.0 Å². The van der Waals surface area contributed by atoms with E-state index in [1.54, 1.807) is 0 Å². The van der Waals surface area contributed by atoms with Gasteiger partial charge in [0.25, 0.3) is 0 Å². The van der Waals surface area contributed by atoms with Crippen LogP contribution >= 0.6 is 0 Å². The predicted octanol–water partition coefficient (Wildman–Crippen LogP) is 1.32. The zero-order chi connectivity index (χ0) is 10.8. The van der Waals surface area contributed by atoms with Crippen LogP contribution in [-0.2, 0) is 4.79 Å². The third kappa shape index (κ3) is 1.82. The molecule has 3 nitrogen and oxygen atoms in total. The lowest BCUT2D eigenvalue weighted by atomic mass is 9.93. The Morgan fingerprint density at radius 3 is 2.93 bits per heavy atom. The quantitative estimate of drug-likeness (QED) is 0.691. The van der Waals surface area contributed by atoms with E-state index in [0.717, 1.165) is 12.8 Å². The van der Waals surface area contributed by atoms with Gasteiger partial charge in [-0.1, -0.05) is 6.08 Å². The van der Waals surface area contributed by atoms with Gasteiger partial charge in [-0.15, -0.1) is 6.58 Å². The Bertz CT molecular complexity index is 239. The number of carbonyl (C=O) groups is 1. The molecule has 1 N–H and O–H groups in total. The van der Waals surface area contributed by atoms with Crippen LogP contribution in [0, 0.1) is 0 Å². The van der Waals surface area contributed by atoms with Gasteiger partial charge in [0.1, 0.15) is 0 Å². The smallest absolute Gasteiger partial charge is 0.223 e. The fourth-order valence-electron chi connectivity index (χ4n) is 2.29. The van der Waals surface area contributed by atoms with E-state index in [2.05, 4.69) is 13.5 Å². The highest BCUT2D eigenvalue weighted by atomic mass is 16.3. The maximum atomic E-state index is 11.6. The highest BCUT2D eigenvalue weighted by molar-refractivity contribution is 5.80. The highest BCUT2D eigenvalue weighted by Crippen LogP contribution is 2.34. The van der Waals surface area contributed by atoms with Crippen LogP contribution in [0.4, 0.5) is 0 Å². The van der Waals surface area contributed by atoms with Crippen LogP contribution in [0.1, 0.15) is 33.1 Å². The number of hydrogen-bond acceptors (Lipinski definition) is 2. The Morgan fingerprint density at radius 1 is 1.79 bits per heavy atom. The lowest BCUT2D eigenvalue weighted by Gasteiger charge is -2.38. The molecule has 80 valence electrons. The number of aliphatic hydroxyl groups is 1. The van der Waals surface area contributed by atoms with Crippen molar-refractivity contribution in [1.29, 1.82) is 0 Å². The van der Waals surface area contributed by atoms with Crippen molar-refractivity contribution in [2.24, 2.45) is 0 Å². The lowest BCUT2D eigenvalue weighted by molar-refractivity contribution is -0.134. The Kier molecular flexibility index (Phi) is 3.32. The van der Waals surface area contributed by atoms with Gasteiger partial charge in [-0.25, -0.2) is 0 Å². The summed E-state index contributed by atoms with van der Waals surface area (Å²) in [6.07, 6.45) is 4.09. The second kappa shape index (κ2) is 4.13. The summed E-state index contributed by atoms with van der Waals surface area (Å²) in [5, 5.41) is 9.09. The second-order valence-corrected chi connectivity index (χ2v) is 4.29. The third-order valence-electron chi connectivity index (χ3n) is 3.02. The van der Waals surface area contributed by atoms with E-state index < -0.39 is 0 Å². The van der Waals surface area contributed by atoms with Gasteiger partial charge in [0.2, 0.25) is 5.91 Å². The van der Waals surface area contributed by atoms with Crippen LogP contribution in [0.5, 0.6) is 0 Å². The minimum absolute atomic E-state index is 0.0263. The van der Waals surface area contributed by atoms with E-state index >= 15 is 0 Å². The van der Waals surface area contributed by atoms with Crippen LogP contribution in [0.25, 0.3) is 0 Å². The first-order valence-corrected chi connectivity index (χ1v) is 5.09. The topological polar surface area (TPSA) is 40.5 Å². The monoisotopic (exact) mass is 197 g/mol. The highest BCUT2D eigenvalue weighted by Gasteiger charge is 2.42. The molecule has 14 heavy (non-hydrogen) atoms. The second-order valence-electron chi connectivity index (χ2n) is 4.29. The van der Waals surface area contributed by atoms with E-state index in [1.165, 1.54) is 0 Å². The molecule has 1 rings (SSSR count). The standard InChI is InChI=1S/C11H19NO2/c1-4-6-11(3)7-5-10(14)12(11)9(2)8-13/h4,9,13H,1,5-8H2,2-3H3/t9-,11-/m1/s1. The fraction of sp³-hybridized carbons (Fsp3) is 0.727. The van der Waals surface area contributed by atoms with E-state index in [1.807, 2.05) is 17.9 Å². The average molecular weight is 197 g/mol. The van der Waals surface area contributed by atoms with Crippen molar-refractivity contribution in [1.82, 2.24) is 4.90 Å². The van der Waals surface area contributed by atoms with Crippen molar-refractivity contribution >= 4 is 5.91 Å². The number of likely N-dealkylation sites (tertiary alicyclic amines) is 1. The molecule has 0 bridgehead atoms. The molecular formula is C11H19NO2. The van der Waals surface area contributed by atoms with Crippen molar-refractivity contribution < 1.29 is 9.90 Å². The summed E-state index contributed by atoms with van der Waals surface area (Å²) >= 11 is 0. The Balaban J connectivity index is 2.85. The Labute approximate surface area is 85.4 Å². The number of amides is 1. The summed E-state index contributed by atoms with van der Waals surface area (Å²) in [6, 6.07) is -0.0880. The van der Waals surface area contributed by atoms with Gasteiger partial charge in [-0.05, 0) is 26.7 Å². The molecule has 3 heteroatoms. The molecule has 0 aromatic carbocycles. The third-order valence-corrected chi connectivity index (χ3v) is 3.02. The molecule has 2 atom stereocenters. The molecule has 1 aliphatic rings. The molecule has 0 radical (unpaired) electrons. The molecule has 1 saturated heterocycles. The lowest BCUT2D eigenvalue weighted by Crippen LogP contribution is -2.49. The molecular weight excluding hydrogens is 178 g/mol. The largest absolute Gasteiger partial charge is 0.394 e. The molecule has 0 aromatic heterocycles. The minimum atomic E-state index is -0.138. The van der Waals surface area contributed by atoms with Gasteiger partial charge in [-0.3, -0.25) is 4.79 Å². The fourth-order valence-corrected chi connectivity index (χ4v) is 2.29. The van der Waals surface area contributed by atoms with Crippen LogP contribution in [-0.4, -0.2) is 34.1 Å². The molecule has 1 heterocycles. The van der Waals surface area contributed by atoms with E-state index in [9.17, 15) is 4.79 Å². The first-order chi connectivity index (χ1) is 6.55. The average Bonchev–Trinajstić information content (AvgIpc) is 2.42. The number of rotatable bonds is 4. The minimum Gasteiger partial charge on any atom is -0.394 e. The maximum absolute atomic E-state index is 11.6. The SMILES string of the molecule is C=CC[C@]1(C)CCC(=O)N1[C@H](C)CO. The Morgan fingerprint density at radius 2 is 2.43 bits per heavy atom. The number of hydrogen-bond donors (Lipinski definition) is 1. The molecule has 1 aliphatic heterocycles. The van der Waals surface area contributed by atoms with Gasteiger partial charge in [-0.2, -0.15) is 0 Å². The van der Waals surface area contributed by atoms with Crippen molar-refractivity contribution in [3.8, 4) is 0 Å². The first kappa shape index (κ1) is 11.2. The van der Waals surface area contributed by atoms with Gasteiger partial charge in [0.15, 0.2) is 0 Å². The maximum Gasteiger partial charge on any atom is 0.223 e. The van der Waals surface area contributed by atoms with Crippen molar-refractivity contribution in [3.63, 3.8) is 0 Å². The number of aliphatic hydroxyl groups excluding tert-OH is 1. The Hall–Kier alpha value is -0.830. The van der Waals surface area contributed by atoms with Gasteiger partial charge in [0.05, 0.1) is 12.6 Å². The molecule has 0 spiro atoms. The summed E-state index contributed by atoms with van der Waals surface area (Å²) < 4.78 is 0. The van der Waals surface area contributed by atoms with Crippen molar-refractivity contribution in [2.45, 2.75) is 44.7 Å². The molecule has 0 saturated carbocycles. The van der Waals surface area contributed by atoms with Crippen LogP contribution < -0.4 is 0 Å². The summed E-state index contributed by atoms with van der Waals surface area (Å²) in [7, 11) is 0. The van der Waals surface area contributed by atoms with Gasteiger partial charge in [0, 0.05) is 12.0 Å².